The largest absolute Gasteiger partial charge is 0.461 e. The summed E-state index contributed by atoms with van der Waals surface area (Å²) in [6, 6.07) is 11.1. The highest BCUT2D eigenvalue weighted by Crippen LogP contribution is 2.23. The van der Waals surface area contributed by atoms with Crippen LogP contribution in [0.1, 0.15) is 12.0 Å². The van der Waals surface area contributed by atoms with Gasteiger partial charge in [0.15, 0.2) is 16.7 Å². The lowest BCUT2D eigenvalue weighted by atomic mass is 10.2. The van der Waals surface area contributed by atoms with Gasteiger partial charge >= 0.3 is 0 Å². The number of hydrogen-bond acceptors (Lipinski definition) is 5. The van der Waals surface area contributed by atoms with E-state index in [1.165, 1.54) is 11.8 Å². The van der Waals surface area contributed by atoms with E-state index in [9.17, 15) is 4.79 Å². The van der Waals surface area contributed by atoms with E-state index in [4.69, 9.17) is 16.0 Å². The summed E-state index contributed by atoms with van der Waals surface area (Å²) in [4.78, 5) is 12.0. The number of rotatable bonds is 7. The van der Waals surface area contributed by atoms with E-state index in [1.54, 1.807) is 12.3 Å². The third kappa shape index (κ3) is 4.43. The Kier molecular flexibility index (Phi) is 5.78. The number of hydrogen-bond donors (Lipinski definition) is 1. The summed E-state index contributed by atoms with van der Waals surface area (Å²) in [6.45, 7) is 0.426. The number of aromatic nitrogens is 3. The number of furan rings is 1. The fraction of sp³-hybridized carbons (Fsp3) is 0.235. The lowest BCUT2D eigenvalue weighted by Crippen LogP contribution is -2.23. The fourth-order valence-electron chi connectivity index (χ4n) is 2.22. The van der Waals surface area contributed by atoms with Gasteiger partial charge in [0, 0.05) is 30.8 Å². The molecule has 8 heteroatoms. The van der Waals surface area contributed by atoms with Crippen molar-refractivity contribution in [3.05, 3.63) is 53.2 Å². The fourth-order valence-corrected chi connectivity index (χ4v) is 3.27. The van der Waals surface area contributed by atoms with Crippen molar-refractivity contribution in [2.75, 3.05) is 5.75 Å². The minimum atomic E-state index is -0.0270. The van der Waals surface area contributed by atoms with Crippen LogP contribution in [0.15, 0.2) is 52.2 Å². The third-order valence-electron chi connectivity index (χ3n) is 3.57. The molecule has 3 rings (SSSR count). The first-order chi connectivity index (χ1) is 12.1. The van der Waals surface area contributed by atoms with Crippen LogP contribution in [0.3, 0.4) is 0 Å². The third-order valence-corrected chi connectivity index (χ3v) is 4.96. The van der Waals surface area contributed by atoms with E-state index in [0.717, 1.165) is 10.7 Å². The second-order valence-electron chi connectivity index (χ2n) is 5.31. The molecule has 2 heterocycles. The summed E-state index contributed by atoms with van der Waals surface area (Å²) in [5.74, 6) is 1.91. The zero-order chi connectivity index (χ0) is 17.6. The highest BCUT2D eigenvalue weighted by molar-refractivity contribution is 7.99. The van der Waals surface area contributed by atoms with E-state index >= 15 is 0 Å². The average molecular weight is 377 g/mol. The maximum atomic E-state index is 12.0. The van der Waals surface area contributed by atoms with Crippen LogP contribution in [0, 0.1) is 0 Å². The van der Waals surface area contributed by atoms with Crippen molar-refractivity contribution in [2.24, 2.45) is 7.05 Å². The Balaban J connectivity index is 1.47. The smallest absolute Gasteiger partial charge is 0.221 e. The molecule has 0 atom stereocenters. The lowest BCUT2D eigenvalue weighted by molar-refractivity contribution is -0.120. The van der Waals surface area contributed by atoms with Gasteiger partial charge in [0.05, 0.1) is 6.26 Å². The highest BCUT2D eigenvalue weighted by Gasteiger charge is 2.13. The monoisotopic (exact) mass is 376 g/mol. The van der Waals surface area contributed by atoms with E-state index in [0.29, 0.717) is 35.3 Å². The summed E-state index contributed by atoms with van der Waals surface area (Å²) < 4.78 is 7.18. The van der Waals surface area contributed by atoms with Gasteiger partial charge in [-0.15, -0.1) is 10.2 Å². The number of amides is 1. The van der Waals surface area contributed by atoms with E-state index in [-0.39, 0.29) is 5.91 Å². The van der Waals surface area contributed by atoms with Crippen molar-refractivity contribution in [3.8, 4) is 11.6 Å². The predicted octanol–water partition coefficient (Wildman–Crippen LogP) is 3.53. The topological polar surface area (TPSA) is 73.0 Å². The van der Waals surface area contributed by atoms with Crippen molar-refractivity contribution in [3.63, 3.8) is 0 Å². The Morgan fingerprint density at radius 1 is 1.28 bits per heavy atom. The van der Waals surface area contributed by atoms with Gasteiger partial charge < -0.3 is 14.3 Å². The van der Waals surface area contributed by atoms with Gasteiger partial charge in [0.25, 0.3) is 0 Å². The number of thioether (sulfide) groups is 1. The Labute approximate surface area is 154 Å². The Morgan fingerprint density at radius 2 is 2.12 bits per heavy atom. The molecule has 25 heavy (non-hydrogen) atoms. The molecule has 3 aromatic rings. The molecule has 1 amide bonds. The maximum Gasteiger partial charge on any atom is 0.221 e. The molecule has 130 valence electrons. The van der Waals surface area contributed by atoms with Gasteiger partial charge in [-0.2, -0.15) is 0 Å². The number of nitrogens with one attached hydrogen (secondary N) is 1. The van der Waals surface area contributed by atoms with Crippen LogP contribution in [-0.2, 0) is 18.4 Å². The SMILES string of the molecule is Cn1c(SCCC(=O)NCc2ccccc2Cl)nnc1-c1ccco1. The van der Waals surface area contributed by atoms with Crippen LogP contribution >= 0.6 is 23.4 Å². The number of halogens is 1. The summed E-state index contributed by atoms with van der Waals surface area (Å²) in [5, 5.41) is 12.5. The first-order valence-electron chi connectivity index (χ1n) is 7.71. The van der Waals surface area contributed by atoms with Crippen molar-refractivity contribution in [1.82, 2.24) is 20.1 Å². The molecule has 0 bridgehead atoms. The van der Waals surface area contributed by atoms with Crippen molar-refractivity contribution >= 4 is 29.3 Å². The van der Waals surface area contributed by atoms with Gasteiger partial charge in [-0.25, -0.2) is 0 Å². The summed E-state index contributed by atoms with van der Waals surface area (Å²) in [6.07, 6.45) is 1.98. The van der Waals surface area contributed by atoms with Crippen LogP contribution in [0.25, 0.3) is 11.6 Å². The van der Waals surface area contributed by atoms with Gasteiger partial charge in [-0.1, -0.05) is 41.6 Å². The molecular formula is C17H17ClN4O2S. The molecule has 0 unspecified atom stereocenters. The standard InChI is InChI=1S/C17H17ClN4O2S/c1-22-16(14-7-4-9-24-14)20-21-17(22)25-10-8-15(23)19-11-12-5-2-3-6-13(12)18/h2-7,9H,8,10-11H2,1H3,(H,19,23). The van der Waals surface area contributed by atoms with E-state index in [2.05, 4.69) is 15.5 Å². The van der Waals surface area contributed by atoms with E-state index in [1.807, 2.05) is 41.9 Å². The minimum Gasteiger partial charge on any atom is -0.461 e. The zero-order valence-electron chi connectivity index (χ0n) is 13.6. The molecule has 0 radical (unpaired) electrons. The van der Waals surface area contributed by atoms with Gasteiger partial charge in [0.2, 0.25) is 5.91 Å². The Morgan fingerprint density at radius 3 is 2.88 bits per heavy atom. The molecule has 0 spiro atoms. The molecule has 2 aromatic heterocycles. The number of carbonyl (C=O) groups is 1. The van der Waals surface area contributed by atoms with Crippen LogP contribution in [0.4, 0.5) is 0 Å². The number of nitrogens with zero attached hydrogens (tertiary/aromatic N) is 3. The molecule has 0 fully saturated rings. The van der Waals surface area contributed by atoms with Gasteiger partial charge in [-0.05, 0) is 23.8 Å². The normalized spacial score (nSPS) is 10.8. The molecule has 0 aliphatic carbocycles. The molecular weight excluding hydrogens is 360 g/mol. The van der Waals surface area contributed by atoms with Crippen molar-refractivity contribution < 1.29 is 9.21 Å². The minimum absolute atomic E-state index is 0.0270. The summed E-state index contributed by atoms with van der Waals surface area (Å²) >= 11 is 7.55. The van der Waals surface area contributed by atoms with Crippen LogP contribution in [-0.4, -0.2) is 26.4 Å². The number of benzene rings is 1. The van der Waals surface area contributed by atoms with Crippen LogP contribution in [0.2, 0.25) is 5.02 Å². The van der Waals surface area contributed by atoms with E-state index < -0.39 is 0 Å². The zero-order valence-corrected chi connectivity index (χ0v) is 15.2. The molecule has 1 aromatic carbocycles. The first kappa shape index (κ1) is 17.6. The molecule has 6 nitrogen and oxygen atoms in total. The average Bonchev–Trinajstić information content (AvgIpc) is 3.24. The Hall–Kier alpha value is -2.25. The molecule has 0 aliphatic rings. The second kappa shape index (κ2) is 8.22. The first-order valence-corrected chi connectivity index (χ1v) is 9.07. The quantitative estimate of drug-likeness (QED) is 0.638. The number of carbonyl (C=O) groups excluding carboxylic acids is 1. The Bertz CT molecular complexity index is 848. The second-order valence-corrected chi connectivity index (χ2v) is 6.78. The van der Waals surface area contributed by atoms with Crippen LogP contribution < -0.4 is 5.32 Å². The van der Waals surface area contributed by atoms with Gasteiger partial charge in [0.1, 0.15) is 0 Å². The summed E-state index contributed by atoms with van der Waals surface area (Å²) in [5.41, 5.74) is 0.904. The highest BCUT2D eigenvalue weighted by atomic mass is 35.5. The molecule has 1 N–H and O–H groups in total. The maximum absolute atomic E-state index is 12.0. The molecule has 0 saturated carbocycles. The molecule has 0 saturated heterocycles. The molecule has 0 aliphatic heterocycles. The predicted molar refractivity (Wildman–Crippen MR) is 97.3 cm³/mol. The van der Waals surface area contributed by atoms with Gasteiger partial charge in [-0.3, -0.25) is 4.79 Å². The summed E-state index contributed by atoms with van der Waals surface area (Å²) in [7, 11) is 1.87. The van der Waals surface area contributed by atoms with Crippen molar-refractivity contribution in [2.45, 2.75) is 18.1 Å². The van der Waals surface area contributed by atoms with Crippen molar-refractivity contribution in [1.29, 1.82) is 0 Å². The lowest BCUT2D eigenvalue weighted by Gasteiger charge is -2.07. The van der Waals surface area contributed by atoms with Crippen LogP contribution in [0.5, 0.6) is 0 Å².